The molecule has 0 heterocycles. The van der Waals surface area contributed by atoms with E-state index in [2.05, 4.69) is 0 Å². The van der Waals surface area contributed by atoms with Gasteiger partial charge in [-0.15, -0.1) is 0 Å². The molecule has 0 saturated heterocycles. The van der Waals surface area contributed by atoms with Gasteiger partial charge in [-0.3, -0.25) is 4.79 Å². The predicted molar refractivity (Wildman–Crippen MR) is 50.3 cm³/mol. The van der Waals surface area contributed by atoms with Crippen molar-refractivity contribution in [2.24, 2.45) is 0 Å². The van der Waals surface area contributed by atoms with Gasteiger partial charge in [0, 0.05) is 5.56 Å². The van der Waals surface area contributed by atoms with Gasteiger partial charge in [0.05, 0.1) is 13.2 Å². The number of aliphatic carboxylic acids is 1. The average Bonchev–Trinajstić information content (AvgIpc) is 2.26. The maximum atomic E-state index is 11.1. The largest absolute Gasteiger partial charge is 0.475 e. The van der Waals surface area contributed by atoms with Crippen LogP contribution < -0.4 is 0 Å². The maximum absolute atomic E-state index is 11.1. The lowest BCUT2D eigenvalue weighted by Gasteiger charge is -2.05. The summed E-state index contributed by atoms with van der Waals surface area (Å²) in [6.07, 6.45) is 0. The van der Waals surface area contributed by atoms with E-state index in [1.165, 1.54) is 18.2 Å². The van der Waals surface area contributed by atoms with E-state index in [1.54, 1.807) is 0 Å². The van der Waals surface area contributed by atoms with E-state index in [-0.39, 0.29) is 18.8 Å². The first-order valence-corrected chi connectivity index (χ1v) is 4.21. The molecule has 0 aliphatic carbocycles. The van der Waals surface area contributed by atoms with E-state index in [4.69, 9.17) is 15.3 Å². The summed E-state index contributed by atoms with van der Waals surface area (Å²) in [7, 11) is 0. The Balaban J connectivity index is 3.13. The first-order chi connectivity index (χ1) is 7.10. The van der Waals surface area contributed by atoms with Crippen molar-refractivity contribution in [3.05, 3.63) is 34.9 Å². The van der Waals surface area contributed by atoms with E-state index < -0.39 is 11.8 Å². The number of Topliss-reactive ketones (excluding diaryl/α,β-unsaturated/α-hetero) is 1. The molecule has 1 rings (SSSR count). The zero-order chi connectivity index (χ0) is 11.4. The third-order valence-corrected chi connectivity index (χ3v) is 2.00. The molecule has 1 aromatic carbocycles. The molecule has 0 amide bonds. The summed E-state index contributed by atoms with van der Waals surface area (Å²) in [5.74, 6) is -2.58. The second-order valence-corrected chi connectivity index (χ2v) is 2.93. The second kappa shape index (κ2) is 4.68. The minimum atomic E-state index is -1.55. The van der Waals surface area contributed by atoms with Gasteiger partial charge in [-0.05, 0) is 17.2 Å². The molecule has 0 atom stereocenters. The zero-order valence-corrected chi connectivity index (χ0v) is 7.80. The Morgan fingerprint density at radius 3 is 2.13 bits per heavy atom. The fourth-order valence-electron chi connectivity index (χ4n) is 1.19. The molecular weight excluding hydrogens is 200 g/mol. The Labute approximate surface area is 85.6 Å². The van der Waals surface area contributed by atoms with Crippen LogP contribution in [0.15, 0.2) is 18.2 Å². The molecular formula is C10H10O5. The van der Waals surface area contributed by atoms with Crippen molar-refractivity contribution in [3.63, 3.8) is 0 Å². The highest BCUT2D eigenvalue weighted by Crippen LogP contribution is 2.13. The van der Waals surface area contributed by atoms with Gasteiger partial charge >= 0.3 is 5.97 Å². The summed E-state index contributed by atoms with van der Waals surface area (Å²) in [6.45, 7) is -0.617. The van der Waals surface area contributed by atoms with Crippen LogP contribution in [0.2, 0.25) is 0 Å². The molecule has 0 saturated carbocycles. The molecule has 0 bridgehead atoms. The zero-order valence-electron chi connectivity index (χ0n) is 7.80. The number of benzene rings is 1. The highest BCUT2D eigenvalue weighted by atomic mass is 16.4. The van der Waals surface area contributed by atoms with Crippen LogP contribution in [0, 0.1) is 0 Å². The molecule has 0 radical (unpaired) electrons. The summed E-state index contributed by atoms with van der Waals surface area (Å²) in [4.78, 5) is 21.5. The molecule has 1 aromatic rings. The van der Waals surface area contributed by atoms with E-state index in [0.29, 0.717) is 11.1 Å². The highest BCUT2D eigenvalue weighted by molar-refractivity contribution is 6.39. The number of aliphatic hydroxyl groups is 2. The number of hydrogen-bond donors (Lipinski definition) is 3. The molecule has 0 aliphatic rings. The number of rotatable bonds is 4. The molecule has 0 unspecified atom stereocenters. The number of carboxylic acid groups (broad SMARTS) is 1. The Kier molecular flexibility index (Phi) is 3.54. The van der Waals surface area contributed by atoms with E-state index >= 15 is 0 Å². The van der Waals surface area contributed by atoms with Crippen molar-refractivity contribution in [3.8, 4) is 0 Å². The van der Waals surface area contributed by atoms with Crippen LogP contribution in [-0.2, 0) is 18.0 Å². The van der Waals surface area contributed by atoms with Crippen LogP contribution >= 0.6 is 0 Å². The van der Waals surface area contributed by atoms with Gasteiger partial charge in [0.2, 0.25) is 0 Å². The fraction of sp³-hybridized carbons (Fsp3) is 0.200. The molecule has 3 N–H and O–H groups in total. The summed E-state index contributed by atoms with van der Waals surface area (Å²) in [5.41, 5.74) is 0.813. The van der Waals surface area contributed by atoms with Crippen molar-refractivity contribution in [1.29, 1.82) is 0 Å². The van der Waals surface area contributed by atoms with Crippen molar-refractivity contribution in [1.82, 2.24) is 0 Å². The fourth-order valence-corrected chi connectivity index (χ4v) is 1.19. The van der Waals surface area contributed by atoms with Crippen molar-refractivity contribution in [2.75, 3.05) is 0 Å². The Hall–Kier alpha value is -1.72. The molecule has 0 aliphatic heterocycles. The molecule has 15 heavy (non-hydrogen) atoms. The quantitative estimate of drug-likeness (QED) is 0.478. The van der Waals surface area contributed by atoms with Gasteiger partial charge in [-0.25, -0.2) is 4.79 Å². The van der Waals surface area contributed by atoms with Crippen LogP contribution in [-0.4, -0.2) is 27.1 Å². The van der Waals surface area contributed by atoms with Crippen molar-refractivity contribution < 1.29 is 24.9 Å². The van der Waals surface area contributed by atoms with Gasteiger partial charge in [-0.2, -0.15) is 0 Å². The lowest BCUT2D eigenvalue weighted by Crippen LogP contribution is -2.13. The predicted octanol–water partition coefficient (Wildman–Crippen LogP) is -0.0615. The molecule has 80 valence electrons. The Morgan fingerprint density at radius 1 is 1.07 bits per heavy atom. The number of carbonyl (C=O) groups excluding carboxylic acids is 1. The van der Waals surface area contributed by atoms with Gasteiger partial charge in [0.25, 0.3) is 5.78 Å². The van der Waals surface area contributed by atoms with Gasteiger partial charge in [0.1, 0.15) is 0 Å². The van der Waals surface area contributed by atoms with Gasteiger partial charge in [-0.1, -0.05) is 12.1 Å². The van der Waals surface area contributed by atoms with Gasteiger partial charge in [0.15, 0.2) is 0 Å². The molecule has 0 fully saturated rings. The lowest BCUT2D eigenvalue weighted by molar-refractivity contribution is -0.131. The smallest absolute Gasteiger partial charge is 0.377 e. The van der Waals surface area contributed by atoms with Crippen LogP contribution in [0.4, 0.5) is 0 Å². The minimum Gasteiger partial charge on any atom is -0.475 e. The summed E-state index contributed by atoms with van der Waals surface area (Å²) in [5, 5.41) is 26.3. The number of carbonyl (C=O) groups is 2. The standard InChI is InChI=1S/C10H10O5/c11-4-7-2-1-6(3-8(7)5-12)9(13)10(14)15/h1-3,11-12H,4-5H2,(H,14,15). The molecule has 0 aromatic heterocycles. The van der Waals surface area contributed by atoms with E-state index in [9.17, 15) is 9.59 Å². The first kappa shape index (κ1) is 11.4. The molecule has 5 heteroatoms. The Bertz CT molecular complexity index is 397. The third-order valence-electron chi connectivity index (χ3n) is 2.00. The SMILES string of the molecule is O=C(O)C(=O)c1ccc(CO)c(CO)c1. The van der Waals surface area contributed by atoms with Crippen LogP contribution in [0.3, 0.4) is 0 Å². The number of hydrogen-bond acceptors (Lipinski definition) is 4. The van der Waals surface area contributed by atoms with E-state index in [1.807, 2.05) is 0 Å². The number of aliphatic hydroxyl groups excluding tert-OH is 2. The molecule has 0 spiro atoms. The number of carboxylic acids is 1. The number of ketones is 1. The third kappa shape index (κ3) is 2.39. The van der Waals surface area contributed by atoms with Crippen LogP contribution in [0.25, 0.3) is 0 Å². The monoisotopic (exact) mass is 210 g/mol. The second-order valence-electron chi connectivity index (χ2n) is 2.93. The Morgan fingerprint density at radius 2 is 1.67 bits per heavy atom. The summed E-state index contributed by atoms with van der Waals surface area (Å²) in [6, 6.07) is 3.99. The van der Waals surface area contributed by atoms with Crippen LogP contribution in [0.5, 0.6) is 0 Å². The highest BCUT2D eigenvalue weighted by Gasteiger charge is 2.15. The van der Waals surface area contributed by atoms with Gasteiger partial charge < -0.3 is 15.3 Å². The van der Waals surface area contributed by atoms with Crippen molar-refractivity contribution >= 4 is 11.8 Å². The molecule has 5 nitrogen and oxygen atoms in total. The minimum absolute atomic E-state index is 0.0104. The normalized spacial score (nSPS) is 10.0. The first-order valence-electron chi connectivity index (χ1n) is 4.21. The lowest BCUT2D eigenvalue weighted by atomic mass is 10.0. The van der Waals surface area contributed by atoms with Crippen LogP contribution in [0.1, 0.15) is 21.5 Å². The topological polar surface area (TPSA) is 94.8 Å². The summed E-state index contributed by atoms with van der Waals surface area (Å²) < 4.78 is 0. The average molecular weight is 210 g/mol. The maximum Gasteiger partial charge on any atom is 0.377 e. The van der Waals surface area contributed by atoms with E-state index in [0.717, 1.165) is 0 Å². The summed E-state index contributed by atoms with van der Waals surface area (Å²) >= 11 is 0. The van der Waals surface area contributed by atoms with Crippen molar-refractivity contribution in [2.45, 2.75) is 13.2 Å².